The molecule has 0 radical (unpaired) electrons. The van der Waals surface area contributed by atoms with Crippen molar-refractivity contribution in [3.8, 4) is 6.07 Å². The van der Waals surface area contributed by atoms with Gasteiger partial charge in [0.2, 0.25) is 5.89 Å². The Kier molecular flexibility index (Phi) is 4.86. The quantitative estimate of drug-likeness (QED) is 0.773. The molecule has 3 rings (SSSR count). The van der Waals surface area contributed by atoms with E-state index in [2.05, 4.69) is 34.6 Å². The van der Waals surface area contributed by atoms with E-state index in [1.165, 1.54) is 5.56 Å². The Morgan fingerprint density at radius 3 is 2.40 bits per heavy atom. The summed E-state index contributed by atoms with van der Waals surface area (Å²) in [5.74, 6) is 0.0614. The van der Waals surface area contributed by atoms with E-state index in [1.54, 1.807) is 24.3 Å². The Labute approximate surface area is 145 Å². The van der Waals surface area contributed by atoms with E-state index in [-0.39, 0.29) is 11.9 Å². The Balaban J connectivity index is 1.64. The number of rotatable bonds is 5. The summed E-state index contributed by atoms with van der Waals surface area (Å²) in [6.07, 6.45) is 1.50. The van der Waals surface area contributed by atoms with Crippen LogP contribution in [-0.2, 0) is 12.8 Å². The molecule has 0 unspecified atom stereocenters. The topological polar surface area (TPSA) is 91.8 Å². The lowest BCUT2D eigenvalue weighted by atomic mass is 10.1. The number of carbonyl (C=O) groups is 1. The van der Waals surface area contributed by atoms with Crippen molar-refractivity contribution in [1.29, 1.82) is 5.26 Å². The standard InChI is InChI=1S/C19H16N4O2/c1-2-13-3-5-14(6-4-13)11-17-22-23-19(25-17)21-18(24)16-9-7-15(12-20)8-10-16/h3-10H,2,11H2,1H3,(H,21,23,24). The molecule has 1 heterocycles. The number of carbonyl (C=O) groups excluding carboxylic acids is 1. The highest BCUT2D eigenvalue weighted by Gasteiger charge is 2.12. The summed E-state index contributed by atoms with van der Waals surface area (Å²) in [6, 6.07) is 16.5. The highest BCUT2D eigenvalue weighted by atomic mass is 16.4. The Morgan fingerprint density at radius 2 is 1.76 bits per heavy atom. The van der Waals surface area contributed by atoms with Gasteiger partial charge < -0.3 is 4.42 Å². The van der Waals surface area contributed by atoms with Crippen molar-refractivity contribution in [1.82, 2.24) is 10.2 Å². The SMILES string of the molecule is CCc1ccc(Cc2nnc(NC(=O)c3ccc(C#N)cc3)o2)cc1. The van der Waals surface area contributed by atoms with Gasteiger partial charge >= 0.3 is 6.01 Å². The molecule has 1 aromatic heterocycles. The fourth-order valence-electron chi connectivity index (χ4n) is 2.31. The van der Waals surface area contributed by atoms with Gasteiger partial charge in [0.25, 0.3) is 5.91 Å². The first-order valence-corrected chi connectivity index (χ1v) is 7.89. The van der Waals surface area contributed by atoms with Crippen LogP contribution in [0.4, 0.5) is 6.01 Å². The molecular formula is C19H16N4O2. The van der Waals surface area contributed by atoms with Gasteiger partial charge in [-0.2, -0.15) is 5.26 Å². The predicted molar refractivity (Wildman–Crippen MR) is 92.0 cm³/mol. The van der Waals surface area contributed by atoms with Crippen molar-refractivity contribution in [2.75, 3.05) is 5.32 Å². The lowest BCUT2D eigenvalue weighted by molar-refractivity contribution is 0.102. The summed E-state index contributed by atoms with van der Waals surface area (Å²) in [4.78, 5) is 12.1. The third kappa shape index (κ3) is 4.09. The van der Waals surface area contributed by atoms with E-state index in [4.69, 9.17) is 9.68 Å². The van der Waals surface area contributed by atoms with Crippen LogP contribution in [-0.4, -0.2) is 16.1 Å². The molecule has 124 valence electrons. The molecule has 6 nitrogen and oxygen atoms in total. The molecular weight excluding hydrogens is 316 g/mol. The smallest absolute Gasteiger partial charge is 0.322 e. The number of aryl methyl sites for hydroxylation is 1. The van der Waals surface area contributed by atoms with Crippen molar-refractivity contribution in [3.05, 3.63) is 76.7 Å². The Hall–Kier alpha value is -3.46. The normalized spacial score (nSPS) is 10.2. The van der Waals surface area contributed by atoms with Gasteiger partial charge in [-0.15, -0.1) is 5.10 Å². The first-order chi connectivity index (χ1) is 12.2. The fourth-order valence-corrected chi connectivity index (χ4v) is 2.31. The molecule has 6 heteroatoms. The van der Waals surface area contributed by atoms with Crippen LogP contribution < -0.4 is 5.32 Å². The van der Waals surface area contributed by atoms with Gasteiger partial charge in [-0.25, -0.2) is 0 Å². The second-order valence-corrected chi connectivity index (χ2v) is 5.49. The molecule has 1 amide bonds. The Morgan fingerprint density at radius 1 is 1.08 bits per heavy atom. The third-order valence-electron chi connectivity index (χ3n) is 3.75. The molecule has 25 heavy (non-hydrogen) atoms. The lowest BCUT2D eigenvalue weighted by Crippen LogP contribution is -2.12. The molecule has 0 aliphatic rings. The van der Waals surface area contributed by atoms with E-state index >= 15 is 0 Å². The van der Waals surface area contributed by atoms with E-state index in [9.17, 15) is 4.79 Å². The van der Waals surface area contributed by atoms with Gasteiger partial charge in [0.05, 0.1) is 18.1 Å². The summed E-state index contributed by atoms with van der Waals surface area (Å²) in [7, 11) is 0. The summed E-state index contributed by atoms with van der Waals surface area (Å²) >= 11 is 0. The molecule has 0 bridgehead atoms. The molecule has 2 aromatic carbocycles. The van der Waals surface area contributed by atoms with Gasteiger partial charge in [0.15, 0.2) is 0 Å². The maximum Gasteiger partial charge on any atom is 0.322 e. The van der Waals surface area contributed by atoms with Gasteiger partial charge in [-0.1, -0.05) is 36.3 Å². The molecule has 0 saturated heterocycles. The average Bonchev–Trinajstić information content (AvgIpc) is 3.09. The van der Waals surface area contributed by atoms with Crippen molar-refractivity contribution in [2.45, 2.75) is 19.8 Å². The third-order valence-corrected chi connectivity index (χ3v) is 3.75. The molecule has 0 aliphatic carbocycles. The highest BCUT2D eigenvalue weighted by molar-refractivity contribution is 6.03. The number of nitriles is 1. The van der Waals surface area contributed by atoms with E-state index in [0.717, 1.165) is 12.0 Å². The van der Waals surface area contributed by atoms with Crippen molar-refractivity contribution >= 4 is 11.9 Å². The summed E-state index contributed by atoms with van der Waals surface area (Å²) < 4.78 is 5.47. The maximum atomic E-state index is 12.1. The Bertz CT molecular complexity index is 906. The minimum atomic E-state index is -0.369. The van der Waals surface area contributed by atoms with Crippen molar-refractivity contribution in [3.63, 3.8) is 0 Å². The van der Waals surface area contributed by atoms with Gasteiger partial charge in [-0.05, 0) is 41.8 Å². The molecule has 0 fully saturated rings. The van der Waals surface area contributed by atoms with Crippen LogP contribution in [0.5, 0.6) is 0 Å². The first-order valence-electron chi connectivity index (χ1n) is 7.89. The van der Waals surface area contributed by atoms with Crippen LogP contribution in [0.2, 0.25) is 0 Å². The van der Waals surface area contributed by atoms with E-state index in [0.29, 0.717) is 23.4 Å². The monoisotopic (exact) mass is 332 g/mol. The lowest BCUT2D eigenvalue weighted by Gasteiger charge is -2.01. The number of hydrogen-bond acceptors (Lipinski definition) is 5. The number of aromatic nitrogens is 2. The zero-order valence-electron chi connectivity index (χ0n) is 13.7. The molecule has 3 aromatic rings. The minimum absolute atomic E-state index is 0.0505. The number of hydrogen-bond donors (Lipinski definition) is 1. The second-order valence-electron chi connectivity index (χ2n) is 5.49. The number of benzene rings is 2. The summed E-state index contributed by atoms with van der Waals surface area (Å²) in [5, 5.41) is 19.1. The van der Waals surface area contributed by atoms with Gasteiger partial charge in [0, 0.05) is 5.56 Å². The summed E-state index contributed by atoms with van der Waals surface area (Å²) in [6.45, 7) is 2.11. The van der Waals surface area contributed by atoms with Crippen LogP contribution >= 0.6 is 0 Å². The molecule has 0 spiro atoms. The van der Waals surface area contributed by atoms with E-state index in [1.807, 2.05) is 18.2 Å². The number of nitrogens with zero attached hydrogens (tertiary/aromatic N) is 3. The minimum Gasteiger partial charge on any atom is -0.407 e. The predicted octanol–water partition coefficient (Wildman–Crippen LogP) is 3.35. The zero-order valence-corrected chi connectivity index (χ0v) is 13.7. The fraction of sp³-hybridized carbons (Fsp3) is 0.158. The van der Waals surface area contributed by atoms with Crippen LogP contribution in [0.1, 0.15) is 39.9 Å². The number of amides is 1. The van der Waals surface area contributed by atoms with Crippen molar-refractivity contribution in [2.24, 2.45) is 0 Å². The van der Waals surface area contributed by atoms with Gasteiger partial charge in [0.1, 0.15) is 0 Å². The molecule has 1 N–H and O–H groups in total. The van der Waals surface area contributed by atoms with Crippen LogP contribution in [0, 0.1) is 11.3 Å². The molecule has 0 aliphatic heterocycles. The largest absolute Gasteiger partial charge is 0.407 e. The molecule has 0 saturated carbocycles. The highest BCUT2D eigenvalue weighted by Crippen LogP contribution is 2.14. The van der Waals surface area contributed by atoms with Crippen LogP contribution in [0.15, 0.2) is 52.9 Å². The zero-order chi connectivity index (χ0) is 17.6. The van der Waals surface area contributed by atoms with E-state index < -0.39 is 0 Å². The first kappa shape index (κ1) is 16.4. The number of anilines is 1. The maximum absolute atomic E-state index is 12.1. The second kappa shape index (κ2) is 7.41. The van der Waals surface area contributed by atoms with Crippen molar-refractivity contribution < 1.29 is 9.21 Å². The number of nitrogens with one attached hydrogen (secondary N) is 1. The average molecular weight is 332 g/mol. The summed E-state index contributed by atoms with van der Waals surface area (Å²) in [5.41, 5.74) is 3.23. The van der Waals surface area contributed by atoms with Crippen LogP contribution in [0.25, 0.3) is 0 Å². The van der Waals surface area contributed by atoms with Crippen LogP contribution in [0.3, 0.4) is 0 Å². The van der Waals surface area contributed by atoms with Gasteiger partial charge in [-0.3, -0.25) is 10.1 Å². The molecule has 0 atom stereocenters.